The maximum atomic E-state index is 11.4. The van der Waals surface area contributed by atoms with Gasteiger partial charge in [-0.2, -0.15) is 0 Å². The van der Waals surface area contributed by atoms with E-state index in [9.17, 15) is 9.59 Å². The first-order valence-electron chi connectivity index (χ1n) is 5.75. The zero-order valence-corrected chi connectivity index (χ0v) is 12.6. The smallest absolute Gasteiger partial charge is 0.323 e. The molecular formula is C11H21NO4S2. The van der Waals surface area contributed by atoms with Crippen molar-refractivity contribution in [1.29, 1.82) is 0 Å². The standard InChI is InChI=1S/C11H21NO4S2/c1-8(2)10(12)11(14)16-5-7-18-17-6-4-15-9(3)13/h8,10H,4-7,12H2,1-3H3/t10-/m0/s1. The van der Waals surface area contributed by atoms with E-state index in [0.29, 0.717) is 19.0 Å². The van der Waals surface area contributed by atoms with Crippen molar-refractivity contribution in [2.45, 2.75) is 26.8 Å². The minimum absolute atomic E-state index is 0.0863. The highest BCUT2D eigenvalue weighted by Gasteiger charge is 2.18. The molecule has 1 atom stereocenters. The van der Waals surface area contributed by atoms with Crippen LogP contribution in [0.25, 0.3) is 0 Å². The first-order chi connectivity index (χ1) is 8.45. The number of carbonyl (C=O) groups is 2. The van der Waals surface area contributed by atoms with Gasteiger partial charge in [-0.15, -0.1) is 0 Å². The van der Waals surface area contributed by atoms with Gasteiger partial charge in [-0.3, -0.25) is 9.59 Å². The number of rotatable bonds is 9. The van der Waals surface area contributed by atoms with Crippen LogP contribution in [0.1, 0.15) is 20.8 Å². The van der Waals surface area contributed by atoms with E-state index < -0.39 is 6.04 Å². The Balaban J connectivity index is 3.35. The molecule has 0 bridgehead atoms. The Morgan fingerprint density at radius 1 is 1.11 bits per heavy atom. The molecule has 106 valence electrons. The number of nitrogens with two attached hydrogens (primary N) is 1. The second kappa shape index (κ2) is 10.5. The van der Waals surface area contributed by atoms with Crippen LogP contribution >= 0.6 is 21.6 Å². The third-order valence-electron chi connectivity index (χ3n) is 1.96. The second-order valence-corrected chi connectivity index (χ2v) is 6.62. The lowest BCUT2D eigenvalue weighted by molar-refractivity contribution is -0.145. The fourth-order valence-electron chi connectivity index (χ4n) is 0.882. The topological polar surface area (TPSA) is 78.6 Å². The summed E-state index contributed by atoms with van der Waals surface area (Å²) in [5.74, 6) is 0.890. The fraction of sp³-hybridized carbons (Fsp3) is 0.818. The molecule has 5 nitrogen and oxygen atoms in total. The minimum Gasteiger partial charge on any atom is -0.465 e. The van der Waals surface area contributed by atoms with Gasteiger partial charge in [-0.25, -0.2) is 0 Å². The third kappa shape index (κ3) is 9.61. The van der Waals surface area contributed by atoms with E-state index in [0.717, 1.165) is 5.75 Å². The van der Waals surface area contributed by atoms with Crippen LogP contribution in [0.5, 0.6) is 0 Å². The summed E-state index contributed by atoms with van der Waals surface area (Å²) >= 11 is 0. The second-order valence-electron chi connectivity index (χ2n) is 3.92. The molecular weight excluding hydrogens is 274 g/mol. The van der Waals surface area contributed by atoms with Crippen LogP contribution in [0.3, 0.4) is 0 Å². The van der Waals surface area contributed by atoms with Crippen molar-refractivity contribution in [3.63, 3.8) is 0 Å². The Morgan fingerprint density at radius 3 is 2.06 bits per heavy atom. The summed E-state index contributed by atoms with van der Waals surface area (Å²) in [7, 11) is 3.15. The molecule has 0 rings (SSSR count). The van der Waals surface area contributed by atoms with Crippen molar-refractivity contribution >= 4 is 33.5 Å². The van der Waals surface area contributed by atoms with Crippen LogP contribution in [0.4, 0.5) is 0 Å². The Labute approximate surface area is 116 Å². The van der Waals surface area contributed by atoms with Crippen LogP contribution in [0, 0.1) is 5.92 Å². The first kappa shape index (κ1) is 17.6. The fourth-order valence-corrected chi connectivity index (χ4v) is 2.54. The molecule has 0 aliphatic carbocycles. The molecule has 0 radical (unpaired) electrons. The zero-order valence-electron chi connectivity index (χ0n) is 11.0. The summed E-state index contributed by atoms with van der Waals surface area (Å²) < 4.78 is 9.80. The van der Waals surface area contributed by atoms with Gasteiger partial charge in [0, 0.05) is 18.4 Å². The molecule has 0 unspecified atom stereocenters. The van der Waals surface area contributed by atoms with E-state index in [2.05, 4.69) is 0 Å². The molecule has 2 N–H and O–H groups in total. The van der Waals surface area contributed by atoms with E-state index in [4.69, 9.17) is 15.2 Å². The van der Waals surface area contributed by atoms with E-state index in [1.165, 1.54) is 6.92 Å². The molecule has 0 spiro atoms. The van der Waals surface area contributed by atoms with Crippen LogP contribution in [-0.2, 0) is 19.1 Å². The van der Waals surface area contributed by atoms with Gasteiger partial charge in [0.1, 0.15) is 19.3 Å². The molecule has 0 aromatic rings. The highest BCUT2D eigenvalue weighted by atomic mass is 33.1. The first-order valence-corrected chi connectivity index (χ1v) is 8.24. The van der Waals surface area contributed by atoms with Crippen molar-refractivity contribution in [1.82, 2.24) is 0 Å². The maximum absolute atomic E-state index is 11.4. The number of hydrogen-bond acceptors (Lipinski definition) is 7. The molecule has 18 heavy (non-hydrogen) atoms. The summed E-state index contributed by atoms with van der Waals surface area (Å²) in [4.78, 5) is 21.8. The summed E-state index contributed by atoms with van der Waals surface area (Å²) in [6, 6.07) is -0.549. The van der Waals surface area contributed by atoms with Gasteiger partial charge in [-0.1, -0.05) is 35.4 Å². The molecule has 0 saturated heterocycles. The molecule has 0 aliphatic heterocycles. The van der Waals surface area contributed by atoms with Crippen LogP contribution in [0.15, 0.2) is 0 Å². The largest absolute Gasteiger partial charge is 0.465 e. The SMILES string of the molecule is CC(=O)OCCSSCCOC(=O)[C@@H](N)C(C)C. The Bertz CT molecular complexity index is 261. The predicted molar refractivity (Wildman–Crippen MR) is 75.3 cm³/mol. The van der Waals surface area contributed by atoms with E-state index >= 15 is 0 Å². The summed E-state index contributed by atoms with van der Waals surface area (Å²) in [5, 5.41) is 0. The average Bonchev–Trinajstić information content (AvgIpc) is 2.30. The lowest BCUT2D eigenvalue weighted by Crippen LogP contribution is -2.37. The van der Waals surface area contributed by atoms with Gasteiger partial charge in [0.2, 0.25) is 0 Å². The Hall–Kier alpha value is -0.400. The van der Waals surface area contributed by atoms with Crippen molar-refractivity contribution < 1.29 is 19.1 Å². The molecule has 0 aromatic carbocycles. The highest BCUT2D eigenvalue weighted by molar-refractivity contribution is 8.76. The lowest BCUT2D eigenvalue weighted by Gasteiger charge is -2.14. The van der Waals surface area contributed by atoms with E-state index in [-0.39, 0.29) is 17.9 Å². The van der Waals surface area contributed by atoms with Gasteiger partial charge in [0.05, 0.1) is 0 Å². The quantitative estimate of drug-likeness (QED) is 0.392. The molecule has 0 aromatic heterocycles. The van der Waals surface area contributed by atoms with Crippen molar-refractivity contribution in [2.75, 3.05) is 24.7 Å². The Morgan fingerprint density at radius 2 is 1.61 bits per heavy atom. The van der Waals surface area contributed by atoms with Gasteiger partial charge in [0.25, 0.3) is 0 Å². The van der Waals surface area contributed by atoms with Crippen molar-refractivity contribution in [2.24, 2.45) is 11.7 Å². The maximum Gasteiger partial charge on any atom is 0.323 e. The summed E-state index contributed by atoms with van der Waals surface area (Å²) in [6.07, 6.45) is 0. The van der Waals surface area contributed by atoms with Gasteiger partial charge in [0.15, 0.2) is 0 Å². The number of hydrogen-bond donors (Lipinski definition) is 1. The van der Waals surface area contributed by atoms with Crippen molar-refractivity contribution in [3.05, 3.63) is 0 Å². The Kier molecular flexibility index (Phi) is 10.3. The number of esters is 2. The lowest BCUT2D eigenvalue weighted by atomic mass is 10.1. The molecule has 0 fully saturated rings. The van der Waals surface area contributed by atoms with Crippen LogP contribution < -0.4 is 5.73 Å². The molecule has 0 amide bonds. The minimum atomic E-state index is -0.549. The molecule has 0 heterocycles. The zero-order chi connectivity index (χ0) is 14.0. The monoisotopic (exact) mass is 295 g/mol. The number of ether oxygens (including phenoxy) is 2. The predicted octanol–water partition coefficient (Wildman–Crippen LogP) is 1.46. The van der Waals surface area contributed by atoms with Crippen molar-refractivity contribution in [3.8, 4) is 0 Å². The molecule has 7 heteroatoms. The van der Waals surface area contributed by atoms with E-state index in [1.54, 1.807) is 21.6 Å². The summed E-state index contributed by atoms with van der Waals surface area (Å²) in [6.45, 7) is 5.90. The van der Waals surface area contributed by atoms with Gasteiger partial charge < -0.3 is 15.2 Å². The van der Waals surface area contributed by atoms with Gasteiger partial charge >= 0.3 is 11.9 Å². The van der Waals surface area contributed by atoms with Crippen LogP contribution in [0.2, 0.25) is 0 Å². The average molecular weight is 295 g/mol. The van der Waals surface area contributed by atoms with Gasteiger partial charge in [-0.05, 0) is 5.92 Å². The highest BCUT2D eigenvalue weighted by Crippen LogP contribution is 2.20. The summed E-state index contributed by atoms with van der Waals surface area (Å²) in [5.41, 5.74) is 5.63. The molecule has 0 aliphatic rings. The number of carbonyl (C=O) groups excluding carboxylic acids is 2. The van der Waals surface area contributed by atoms with E-state index in [1.807, 2.05) is 13.8 Å². The normalized spacial score (nSPS) is 12.3. The van der Waals surface area contributed by atoms with Crippen LogP contribution in [-0.4, -0.2) is 42.7 Å². The third-order valence-corrected chi connectivity index (χ3v) is 4.29. The molecule has 0 saturated carbocycles.